The lowest BCUT2D eigenvalue weighted by Crippen LogP contribution is -2.43. The fourth-order valence-electron chi connectivity index (χ4n) is 5.26. The van der Waals surface area contributed by atoms with Gasteiger partial charge in [-0.15, -0.1) is 5.10 Å². The quantitative estimate of drug-likeness (QED) is 0.476. The highest BCUT2D eigenvalue weighted by Crippen LogP contribution is 2.35. The molecular formula is C23H26N8O2. The molecule has 10 nitrogen and oxygen atoms in total. The van der Waals surface area contributed by atoms with Gasteiger partial charge in [-0.3, -0.25) is 4.68 Å². The molecule has 3 aliphatic heterocycles. The molecule has 0 amide bonds. The second-order valence-electron chi connectivity index (χ2n) is 9.23. The molecule has 4 aromatic rings. The zero-order valence-corrected chi connectivity index (χ0v) is 18.8. The smallest absolute Gasteiger partial charge is 0.179 e. The molecule has 3 unspecified atom stereocenters. The average Bonchev–Trinajstić information content (AvgIpc) is 3.53. The lowest BCUT2D eigenvalue weighted by molar-refractivity contribution is -0.105. The maximum absolute atomic E-state index is 6.07. The predicted molar refractivity (Wildman–Crippen MR) is 121 cm³/mol. The Morgan fingerprint density at radius 2 is 1.85 bits per heavy atom. The molecule has 33 heavy (non-hydrogen) atoms. The van der Waals surface area contributed by atoms with Gasteiger partial charge < -0.3 is 14.4 Å². The summed E-state index contributed by atoms with van der Waals surface area (Å²) in [6.45, 7) is 4.48. The van der Waals surface area contributed by atoms with Crippen molar-refractivity contribution in [1.29, 1.82) is 0 Å². The van der Waals surface area contributed by atoms with E-state index in [2.05, 4.69) is 22.1 Å². The normalized spacial score (nSPS) is 24.5. The fourth-order valence-corrected chi connectivity index (χ4v) is 5.26. The van der Waals surface area contributed by atoms with Gasteiger partial charge in [-0.25, -0.2) is 14.2 Å². The van der Waals surface area contributed by atoms with E-state index in [1.165, 1.54) is 0 Å². The number of imidazole rings is 1. The Bertz CT molecular complexity index is 1340. The Morgan fingerprint density at radius 1 is 1.03 bits per heavy atom. The van der Waals surface area contributed by atoms with Gasteiger partial charge in [0.25, 0.3) is 0 Å². The van der Waals surface area contributed by atoms with Crippen molar-refractivity contribution in [3.8, 4) is 22.8 Å². The summed E-state index contributed by atoms with van der Waals surface area (Å²) >= 11 is 0. The zero-order valence-electron chi connectivity index (χ0n) is 18.8. The summed E-state index contributed by atoms with van der Waals surface area (Å²) in [7, 11) is 1.96. The minimum Gasteiger partial charge on any atom is -0.371 e. The van der Waals surface area contributed by atoms with Gasteiger partial charge in [-0.05, 0) is 38.0 Å². The Labute approximate surface area is 190 Å². The van der Waals surface area contributed by atoms with Crippen LogP contribution < -0.4 is 4.90 Å². The molecule has 0 aliphatic carbocycles. The van der Waals surface area contributed by atoms with Crippen molar-refractivity contribution in [1.82, 2.24) is 34.2 Å². The van der Waals surface area contributed by atoms with Crippen LogP contribution in [0.5, 0.6) is 0 Å². The van der Waals surface area contributed by atoms with Crippen molar-refractivity contribution in [3.05, 3.63) is 36.3 Å². The first-order chi connectivity index (χ1) is 16.1. The van der Waals surface area contributed by atoms with Crippen molar-refractivity contribution in [2.24, 2.45) is 7.05 Å². The van der Waals surface area contributed by atoms with Gasteiger partial charge in [0.15, 0.2) is 12.1 Å². The minimum atomic E-state index is -0.0457. The molecule has 7 heterocycles. The number of hydrogen-bond acceptors (Lipinski definition) is 7. The number of aryl methyl sites for hydroxylation is 2. The van der Waals surface area contributed by atoms with E-state index >= 15 is 0 Å². The largest absolute Gasteiger partial charge is 0.371 e. The first-order valence-corrected chi connectivity index (χ1v) is 11.6. The summed E-state index contributed by atoms with van der Waals surface area (Å²) in [4.78, 5) is 7.17. The third-order valence-electron chi connectivity index (χ3n) is 6.99. The molecule has 4 aromatic heterocycles. The van der Waals surface area contributed by atoms with Crippen LogP contribution in [0, 0.1) is 6.92 Å². The maximum atomic E-state index is 6.07. The molecule has 3 fully saturated rings. The van der Waals surface area contributed by atoms with Gasteiger partial charge in [0.2, 0.25) is 0 Å². The number of hydrogen-bond donors (Lipinski definition) is 0. The number of aromatic nitrogens is 7. The van der Waals surface area contributed by atoms with E-state index in [9.17, 15) is 0 Å². The van der Waals surface area contributed by atoms with Crippen LogP contribution in [-0.4, -0.2) is 66.1 Å². The van der Waals surface area contributed by atoms with Gasteiger partial charge in [-0.1, -0.05) is 0 Å². The Kier molecular flexibility index (Phi) is 4.16. The summed E-state index contributed by atoms with van der Waals surface area (Å²) in [6.07, 6.45) is 7.42. The highest BCUT2D eigenvalue weighted by molar-refractivity contribution is 5.81. The predicted octanol–water partition coefficient (Wildman–Crippen LogP) is 2.59. The molecule has 0 N–H and O–H groups in total. The van der Waals surface area contributed by atoms with Crippen LogP contribution in [0.3, 0.4) is 0 Å². The molecule has 0 radical (unpaired) electrons. The summed E-state index contributed by atoms with van der Waals surface area (Å²) in [5, 5.41) is 14.2. The van der Waals surface area contributed by atoms with Gasteiger partial charge in [0.05, 0.1) is 41.9 Å². The van der Waals surface area contributed by atoms with Gasteiger partial charge in [0, 0.05) is 38.3 Å². The van der Waals surface area contributed by atoms with E-state index in [0.29, 0.717) is 0 Å². The molecule has 7 rings (SSSR count). The van der Waals surface area contributed by atoms with E-state index in [-0.39, 0.29) is 18.4 Å². The zero-order chi connectivity index (χ0) is 22.1. The number of fused-ring (bicyclic) bond motifs is 3. The standard InChI is InChI=1S/C23H26N8O2/c1-14-9-19(30(26-14)22-6-8-32-22)23-24-11-20-17(18-5-7-25-28(18)2)10-21(27-31(20)23)29-12-15-3-4-16(13-29)33-15/h5,7,9-11,15-16,22H,3-4,6,8,12-13H2,1-2H3. The number of ether oxygens (including phenoxy) is 2. The topological polar surface area (TPSA) is 87.5 Å². The number of rotatable bonds is 4. The SMILES string of the molecule is Cc1cc(-c2ncc3c(-c4ccnn4C)cc(N4CC5CCC(C4)O5)nn23)n(C2CCO2)n1. The number of nitrogens with zero attached hydrogens (tertiary/aromatic N) is 8. The molecular weight excluding hydrogens is 420 g/mol. The molecule has 3 saturated heterocycles. The molecule has 3 aliphatic rings. The van der Waals surface area contributed by atoms with E-state index in [4.69, 9.17) is 24.7 Å². The third kappa shape index (κ3) is 3.01. The highest BCUT2D eigenvalue weighted by Gasteiger charge is 2.35. The highest BCUT2D eigenvalue weighted by atomic mass is 16.5. The molecule has 0 saturated carbocycles. The lowest BCUT2D eigenvalue weighted by atomic mass is 10.1. The van der Waals surface area contributed by atoms with Crippen LogP contribution in [0.2, 0.25) is 0 Å². The van der Waals surface area contributed by atoms with Gasteiger partial charge in [-0.2, -0.15) is 10.2 Å². The van der Waals surface area contributed by atoms with E-state index in [1.54, 1.807) is 0 Å². The van der Waals surface area contributed by atoms with Crippen LogP contribution in [0.1, 0.15) is 31.2 Å². The van der Waals surface area contributed by atoms with Crippen LogP contribution in [0.4, 0.5) is 5.82 Å². The van der Waals surface area contributed by atoms with Gasteiger partial charge >= 0.3 is 0 Å². The maximum Gasteiger partial charge on any atom is 0.179 e. The summed E-state index contributed by atoms with van der Waals surface area (Å²) < 4.78 is 17.6. The Hall–Kier alpha value is -3.24. The minimum absolute atomic E-state index is 0.0457. The van der Waals surface area contributed by atoms with Crippen LogP contribution in [0.15, 0.2) is 30.6 Å². The molecule has 170 valence electrons. The van der Waals surface area contributed by atoms with Crippen LogP contribution in [-0.2, 0) is 16.5 Å². The van der Waals surface area contributed by atoms with Crippen LogP contribution >= 0.6 is 0 Å². The summed E-state index contributed by atoms with van der Waals surface area (Å²) in [5.74, 6) is 1.70. The fraction of sp³-hybridized carbons (Fsp3) is 0.478. The number of morpholine rings is 1. The van der Waals surface area contributed by atoms with Crippen molar-refractivity contribution in [3.63, 3.8) is 0 Å². The van der Waals surface area contributed by atoms with Crippen molar-refractivity contribution >= 4 is 11.3 Å². The lowest BCUT2D eigenvalue weighted by Gasteiger charge is -2.33. The van der Waals surface area contributed by atoms with E-state index < -0.39 is 0 Å². The van der Waals surface area contributed by atoms with E-state index in [1.807, 2.05) is 46.3 Å². The molecule has 10 heteroatoms. The van der Waals surface area contributed by atoms with Crippen molar-refractivity contribution in [2.45, 2.75) is 44.6 Å². The number of anilines is 1. The molecule has 0 aromatic carbocycles. The second-order valence-corrected chi connectivity index (χ2v) is 9.23. The molecule has 3 atom stereocenters. The molecule has 2 bridgehead atoms. The monoisotopic (exact) mass is 446 g/mol. The second kappa shape index (κ2) is 7.13. The van der Waals surface area contributed by atoms with Crippen molar-refractivity contribution in [2.75, 3.05) is 24.6 Å². The molecule has 0 spiro atoms. The average molecular weight is 447 g/mol. The Balaban J connectivity index is 1.42. The van der Waals surface area contributed by atoms with Crippen LogP contribution in [0.25, 0.3) is 28.3 Å². The van der Waals surface area contributed by atoms with Gasteiger partial charge in [0.1, 0.15) is 11.5 Å². The first kappa shape index (κ1) is 19.2. The van der Waals surface area contributed by atoms with E-state index in [0.717, 1.165) is 78.8 Å². The first-order valence-electron chi connectivity index (χ1n) is 11.6. The summed E-state index contributed by atoms with van der Waals surface area (Å²) in [6, 6.07) is 6.26. The summed E-state index contributed by atoms with van der Waals surface area (Å²) in [5.41, 5.74) is 4.87. The van der Waals surface area contributed by atoms with Crippen molar-refractivity contribution < 1.29 is 9.47 Å². The third-order valence-corrected chi connectivity index (χ3v) is 6.99. The Morgan fingerprint density at radius 3 is 2.55 bits per heavy atom.